The molecule has 0 aromatic carbocycles. The van der Waals surface area contributed by atoms with Crippen LogP contribution >= 0.6 is 0 Å². The van der Waals surface area contributed by atoms with Gasteiger partial charge in [0.1, 0.15) is 0 Å². The molecule has 3 saturated carbocycles. The first-order valence-corrected chi connectivity index (χ1v) is 12.2. The van der Waals surface area contributed by atoms with E-state index in [9.17, 15) is 0 Å². The van der Waals surface area contributed by atoms with Gasteiger partial charge in [0.05, 0.1) is 12.6 Å². The Balaban J connectivity index is 1.46. The molecule has 4 aliphatic rings. The van der Waals surface area contributed by atoms with Crippen LogP contribution in [-0.4, -0.2) is 12.6 Å². The molecule has 26 heavy (non-hydrogen) atoms. The predicted octanol–water partition coefficient (Wildman–Crippen LogP) is 5.64. The average Bonchev–Trinajstić information content (AvgIpc) is 3.13. The van der Waals surface area contributed by atoms with Gasteiger partial charge in [-0.1, -0.05) is 53.9 Å². The number of quaternary nitrogens is 1. The van der Waals surface area contributed by atoms with Crippen LogP contribution < -0.4 is 5.32 Å². The molecule has 4 fully saturated rings. The Morgan fingerprint density at radius 3 is 2.38 bits per heavy atom. The molecule has 0 spiro atoms. The van der Waals surface area contributed by atoms with Gasteiger partial charge in [0.25, 0.3) is 0 Å². The first-order chi connectivity index (χ1) is 12.4. The lowest BCUT2D eigenvalue weighted by atomic mass is 9.48. The Kier molecular flexibility index (Phi) is 5.26. The van der Waals surface area contributed by atoms with E-state index in [4.69, 9.17) is 0 Å². The molecule has 1 heterocycles. The minimum absolute atomic E-state index is 0.671. The van der Waals surface area contributed by atoms with Gasteiger partial charge in [-0.25, -0.2) is 0 Å². The Morgan fingerprint density at radius 1 is 0.846 bits per heavy atom. The average molecular weight is 361 g/mol. The lowest BCUT2D eigenvalue weighted by Crippen LogP contribution is -2.89. The number of hydrogen-bond acceptors (Lipinski definition) is 0. The molecule has 2 N–H and O–H groups in total. The predicted molar refractivity (Wildman–Crippen MR) is 111 cm³/mol. The molecule has 1 aliphatic heterocycles. The molecule has 0 bridgehead atoms. The van der Waals surface area contributed by atoms with Gasteiger partial charge in [-0.2, -0.15) is 0 Å². The summed E-state index contributed by atoms with van der Waals surface area (Å²) in [4.78, 5) is 0. The van der Waals surface area contributed by atoms with E-state index in [-0.39, 0.29) is 0 Å². The van der Waals surface area contributed by atoms with Crippen molar-refractivity contribution < 1.29 is 5.32 Å². The fourth-order valence-electron chi connectivity index (χ4n) is 8.86. The van der Waals surface area contributed by atoms with Crippen LogP contribution in [-0.2, 0) is 0 Å². The number of fused-ring (bicyclic) bond motifs is 5. The van der Waals surface area contributed by atoms with Crippen molar-refractivity contribution in [3.05, 3.63) is 0 Å². The molecular weight excluding hydrogens is 314 g/mol. The summed E-state index contributed by atoms with van der Waals surface area (Å²) in [5.74, 6) is 6.01. The van der Waals surface area contributed by atoms with E-state index in [1.165, 1.54) is 38.6 Å². The normalized spacial score (nSPS) is 48.9. The smallest absolute Gasteiger partial charge is 0.0918 e. The van der Waals surface area contributed by atoms with Crippen LogP contribution in [0.4, 0.5) is 0 Å². The van der Waals surface area contributed by atoms with Crippen molar-refractivity contribution in [1.29, 1.82) is 0 Å². The topological polar surface area (TPSA) is 16.6 Å². The summed E-state index contributed by atoms with van der Waals surface area (Å²) in [5, 5.41) is 2.71. The lowest BCUT2D eigenvalue weighted by Gasteiger charge is -2.56. The largest absolute Gasteiger partial charge is 0.343 e. The van der Waals surface area contributed by atoms with Crippen LogP contribution in [0.1, 0.15) is 98.8 Å². The Labute approximate surface area is 163 Å². The van der Waals surface area contributed by atoms with E-state index >= 15 is 0 Å². The van der Waals surface area contributed by atoms with E-state index in [0.717, 1.165) is 41.5 Å². The van der Waals surface area contributed by atoms with Crippen molar-refractivity contribution >= 4 is 0 Å². The van der Waals surface area contributed by atoms with Crippen molar-refractivity contribution in [1.82, 2.24) is 0 Å². The second kappa shape index (κ2) is 7.09. The molecule has 0 aromatic heterocycles. The Hall–Kier alpha value is -0.0400. The van der Waals surface area contributed by atoms with Gasteiger partial charge >= 0.3 is 0 Å². The van der Waals surface area contributed by atoms with Crippen LogP contribution in [0.2, 0.25) is 0 Å². The molecule has 1 heteroatoms. The van der Waals surface area contributed by atoms with E-state index in [0.29, 0.717) is 10.8 Å². The van der Waals surface area contributed by atoms with Crippen molar-refractivity contribution in [2.24, 2.45) is 46.3 Å². The minimum Gasteiger partial charge on any atom is -0.343 e. The van der Waals surface area contributed by atoms with E-state index in [1.54, 1.807) is 32.1 Å². The maximum Gasteiger partial charge on any atom is 0.0918 e. The quantitative estimate of drug-likeness (QED) is 0.653. The first-order valence-electron chi connectivity index (χ1n) is 12.2. The van der Waals surface area contributed by atoms with Crippen molar-refractivity contribution in [3.63, 3.8) is 0 Å². The number of rotatable bonds is 5. The maximum absolute atomic E-state index is 2.74. The summed E-state index contributed by atoms with van der Waals surface area (Å²) < 4.78 is 0. The molecule has 0 radical (unpaired) electrons. The highest BCUT2D eigenvalue weighted by atomic mass is 15.0. The Bertz CT molecular complexity index is 498. The monoisotopic (exact) mass is 360 g/mol. The van der Waals surface area contributed by atoms with Crippen molar-refractivity contribution in [2.45, 2.75) is 105 Å². The SMILES string of the molecule is CC(C)CCC[C@@H](C)[C@@H]1CC[C@H]2[C@H]3CC[C@H]4[NH2+]CC[C@]4(C)[C@@H]3CC[C@@]21C. The molecule has 0 amide bonds. The fraction of sp³-hybridized carbons (Fsp3) is 1.00. The van der Waals surface area contributed by atoms with Crippen molar-refractivity contribution in [2.75, 3.05) is 6.54 Å². The molecule has 1 saturated heterocycles. The molecule has 3 aliphatic carbocycles. The third-order valence-electron chi connectivity index (χ3n) is 10.3. The zero-order valence-electron chi connectivity index (χ0n) is 18.4. The van der Waals surface area contributed by atoms with Crippen LogP contribution in [0.15, 0.2) is 0 Å². The summed E-state index contributed by atoms with van der Waals surface area (Å²) in [6.07, 6.45) is 15.1. The fourth-order valence-corrected chi connectivity index (χ4v) is 8.86. The molecule has 150 valence electrons. The summed E-state index contributed by atoms with van der Waals surface area (Å²) in [5.41, 5.74) is 1.34. The van der Waals surface area contributed by atoms with Gasteiger partial charge in [0.15, 0.2) is 0 Å². The van der Waals surface area contributed by atoms with Crippen LogP contribution in [0.3, 0.4) is 0 Å². The second-order valence-corrected chi connectivity index (χ2v) is 11.9. The maximum atomic E-state index is 2.74. The third-order valence-corrected chi connectivity index (χ3v) is 10.3. The number of hydrogen-bond donors (Lipinski definition) is 1. The van der Waals surface area contributed by atoms with Gasteiger partial charge in [0, 0.05) is 18.3 Å². The Morgan fingerprint density at radius 2 is 1.62 bits per heavy atom. The van der Waals surface area contributed by atoms with Gasteiger partial charge in [0.2, 0.25) is 0 Å². The highest BCUT2D eigenvalue weighted by Gasteiger charge is 2.61. The van der Waals surface area contributed by atoms with E-state index in [2.05, 4.69) is 39.9 Å². The molecule has 0 aromatic rings. The summed E-state index contributed by atoms with van der Waals surface area (Å²) >= 11 is 0. The summed E-state index contributed by atoms with van der Waals surface area (Å²) in [6, 6.07) is 0.959. The van der Waals surface area contributed by atoms with Gasteiger partial charge in [-0.05, 0) is 73.0 Å². The van der Waals surface area contributed by atoms with E-state index in [1.807, 2.05) is 0 Å². The summed E-state index contributed by atoms with van der Waals surface area (Å²) in [6.45, 7) is 14.2. The molecule has 8 atom stereocenters. The van der Waals surface area contributed by atoms with Crippen LogP contribution in [0.25, 0.3) is 0 Å². The molecule has 0 unspecified atom stereocenters. The summed E-state index contributed by atoms with van der Waals surface area (Å²) in [7, 11) is 0. The standard InChI is InChI=1S/C25H45N/c1-17(2)7-6-8-18(3)20-10-11-21-19-9-12-23-25(5,15-16-26-23)22(19)13-14-24(20,21)4/h17-23,26H,6-16H2,1-5H3/p+1/t18-,19-,20+,21+,22-,23-,24-,25-/m1/s1. The number of nitrogens with two attached hydrogens (primary N) is 1. The minimum atomic E-state index is 0.671. The van der Waals surface area contributed by atoms with Crippen LogP contribution in [0.5, 0.6) is 0 Å². The lowest BCUT2D eigenvalue weighted by molar-refractivity contribution is -0.680. The van der Waals surface area contributed by atoms with Gasteiger partial charge < -0.3 is 5.32 Å². The zero-order chi connectivity index (χ0) is 18.5. The third kappa shape index (κ3) is 2.99. The van der Waals surface area contributed by atoms with Gasteiger partial charge in [-0.3, -0.25) is 0 Å². The zero-order valence-corrected chi connectivity index (χ0v) is 18.4. The highest BCUT2D eigenvalue weighted by Crippen LogP contribution is 2.66. The van der Waals surface area contributed by atoms with Gasteiger partial charge in [-0.15, -0.1) is 0 Å². The molecule has 1 nitrogen and oxygen atoms in total. The van der Waals surface area contributed by atoms with Crippen molar-refractivity contribution in [3.8, 4) is 0 Å². The first kappa shape index (κ1) is 19.3. The molecule has 4 rings (SSSR count). The molecular formula is C25H46N+. The van der Waals surface area contributed by atoms with E-state index < -0.39 is 0 Å². The highest BCUT2D eigenvalue weighted by molar-refractivity contribution is 5.09. The van der Waals surface area contributed by atoms with Crippen LogP contribution in [0, 0.1) is 46.3 Å². The second-order valence-electron chi connectivity index (χ2n) is 11.9.